The first kappa shape index (κ1) is 15.5. The van der Waals surface area contributed by atoms with Gasteiger partial charge < -0.3 is 9.47 Å². The number of carbonyl (C=O) groups is 2. The fourth-order valence-corrected chi connectivity index (χ4v) is 1.97. The van der Waals surface area contributed by atoms with Crippen LogP contribution in [0.3, 0.4) is 0 Å². The van der Waals surface area contributed by atoms with Crippen LogP contribution < -0.4 is 4.74 Å². The Morgan fingerprint density at radius 3 is 2.32 bits per heavy atom. The van der Waals surface area contributed by atoms with Gasteiger partial charge in [0.25, 0.3) is 0 Å². The van der Waals surface area contributed by atoms with E-state index >= 15 is 0 Å². The van der Waals surface area contributed by atoms with E-state index in [1.54, 1.807) is 12.1 Å². The highest BCUT2D eigenvalue weighted by molar-refractivity contribution is 5.83. The minimum atomic E-state index is -0.489. The Bertz CT molecular complexity index is 650. The fourth-order valence-electron chi connectivity index (χ4n) is 1.97. The van der Waals surface area contributed by atoms with Crippen molar-refractivity contribution >= 4 is 17.5 Å². The molecule has 22 heavy (non-hydrogen) atoms. The first-order valence-electron chi connectivity index (χ1n) is 6.78. The normalized spacial score (nSPS) is 16.4. The maximum atomic E-state index is 11.1. The largest absolute Gasteiger partial charge is 0.455 e. The molecule has 0 heterocycles. The van der Waals surface area contributed by atoms with E-state index in [-0.39, 0.29) is 6.10 Å². The molecule has 0 N–H and O–H groups in total. The average Bonchev–Trinajstić information content (AvgIpc) is 2.56. The summed E-state index contributed by atoms with van der Waals surface area (Å²) in [6, 6.07) is 7.15. The molecular weight excluding hydrogens is 280 g/mol. The Morgan fingerprint density at radius 2 is 1.77 bits per heavy atom. The number of carbonyl (C=O) groups excluding carboxylic acids is 2. The molecule has 1 aliphatic rings. The van der Waals surface area contributed by atoms with Crippen molar-refractivity contribution in [3.8, 4) is 5.75 Å². The van der Waals surface area contributed by atoms with Gasteiger partial charge in [0.15, 0.2) is 0 Å². The Morgan fingerprint density at radius 1 is 1.09 bits per heavy atom. The highest BCUT2D eigenvalue weighted by Crippen LogP contribution is 2.24. The molecule has 1 unspecified atom stereocenters. The molecule has 1 aromatic carbocycles. The molecule has 112 valence electrons. The van der Waals surface area contributed by atoms with Gasteiger partial charge in [-0.2, -0.15) is 0 Å². The van der Waals surface area contributed by atoms with Crippen LogP contribution in [0.1, 0.15) is 12.0 Å². The molecule has 4 nitrogen and oxygen atoms in total. The van der Waals surface area contributed by atoms with Crippen LogP contribution >= 0.6 is 0 Å². The number of allylic oxidation sites excluding steroid dienone is 2. The van der Waals surface area contributed by atoms with Crippen molar-refractivity contribution in [1.82, 2.24) is 0 Å². The lowest BCUT2D eigenvalue weighted by Gasteiger charge is -2.16. The summed E-state index contributed by atoms with van der Waals surface area (Å²) < 4.78 is 10.2. The molecule has 0 aliphatic heterocycles. The molecule has 0 spiro atoms. The summed E-state index contributed by atoms with van der Waals surface area (Å²) in [5.74, 6) is -0.455. The molecule has 0 radical (unpaired) electrons. The summed E-state index contributed by atoms with van der Waals surface area (Å²) in [6.45, 7) is 6.71. The number of rotatable bonds is 5. The van der Waals surface area contributed by atoms with Crippen LogP contribution in [0.4, 0.5) is 0 Å². The maximum absolute atomic E-state index is 11.1. The summed E-state index contributed by atoms with van der Waals surface area (Å²) in [5, 5.41) is 0. The Balaban J connectivity index is 2.00. The quantitative estimate of drug-likeness (QED) is 0.475. The molecule has 0 fully saturated rings. The van der Waals surface area contributed by atoms with E-state index in [9.17, 15) is 9.59 Å². The van der Waals surface area contributed by atoms with Gasteiger partial charge in [-0.15, -0.1) is 0 Å². The van der Waals surface area contributed by atoms with E-state index in [2.05, 4.69) is 13.2 Å². The van der Waals surface area contributed by atoms with Gasteiger partial charge >= 0.3 is 11.9 Å². The van der Waals surface area contributed by atoms with E-state index < -0.39 is 11.9 Å². The second kappa shape index (κ2) is 7.22. The van der Waals surface area contributed by atoms with Crippen molar-refractivity contribution in [3.05, 3.63) is 73.4 Å². The minimum Gasteiger partial charge on any atom is -0.455 e. The second-order valence-electron chi connectivity index (χ2n) is 4.58. The van der Waals surface area contributed by atoms with Gasteiger partial charge in [-0.1, -0.05) is 37.4 Å². The molecule has 0 bridgehead atoms. The van der Waals surface area contributed by atoms with Gasteiger partial charge in [0.05, 0.1) is 0 Å². The molecule has 1 aliphatic carbocycles. The van der Waals surface area contributed by atoms with Crippen LogP contribution in [0.15, 0.2) is 67.8 Å². The minimum absolute atomic E-state index is 0.262. The van der Waals surface area contributed by atoms with Gasteiger partial charge in [-0.05, 0) is 29.3 Å². The highest BCUT2D eigenvalue weighted by atomic mass is 16.5. The second-order valence-corrected chi connectivity index (χ2v) is 4.58. The average molecular weight is 296 g/mol. The predicted octanol–water partition coefficient (Wildman–Crippen LogP) is 3.22. The first-order chi connectivity index (χ1) is 10.6. The monoisotopic (exact) mass is 296 g/mol. The lowest BCUT2D eigenvalue weighted by molar-refractivity contribution is -0.140. The van der Waals surface area contributed by atoms with Crippen LogP contribution in [0.2, 0.25) is 0 Å². The summed E-state index contributed by atoms with van der Waals surface area (Å²) in [6.07, 6.45) is 8.34. The van der Waals surface area contributed by atoms with Crippen molar-refractivity contribution < 1.29 is 19.1 Å². The number of hydrogen-bond donors (Lipinski definition) is 0. The zero-order valence-corrected chi connectivity index (χ0v) is 12.0. The van der Waals surface area contributed by atoms with Crippen molar-refractivity contribution in [2.75, 3.05) is 0 Å². The molecule has 2 rings (SSSR count). The number of hydrogen-bond acceptors (Lipinski definition) is 4. The van der Waals surface area contributed by atoms with E-state index in [4.69, 9.17) is 9.47 Å². The third-order valence-corrected chi connectivity index (χ3v) is 3.07. The summed E-state index contributed by atoms with van der Waals surface area (Å²) in [7, 11) is 0. The first-order valence-corrected chi connectivity index (χ1v) is 6.78. The van der Waals surface area contributed by atoms with Gasteiger partial charge in [-0.25, -0.2) is 9.59 Å². The molecule has 1 aromatic rings. The summed E-state index contributed by atoms with van der Waals surface area (Å²) in [4.78, 5) is 22.2. The Labute approximate surface area is 129 Å². The van der Waals surface area contributed by atoms with Crippen molar-refractivity contribution in [2.45, 2.75) is 12.5 Å². The zero-order chi connectivity index (χ0) is 15.9. The molecule has 0 saturated carbocycles. The van der Waals surface area contributed by atoms with Crippen LogP contribution in [0.25, 0.3) is 5.57 Å². The van der Waals surface area contributed by atoms with Crippen molar-refractivity contribution in [3.63, 3.8) is 0 Å². The van der Waals surface area contributed by atoms with Crippen LogP contribution in [0, 0.1) is 0 Å². The molecule has 0 aromatic heterocycles. The lowest BCUT2D eigenvalue weighted by atomic mass is 9.98. The van der Waals surface area contributed by atoms with E-state index in [0.717, 1.165) is 23.3 Å². The molecule has 1 atom stereocenters. The third-order valence-electron chi connectivity index (χ3n) is 3.07. The van der Waals surface area contributed by atoms with E-state index in [1.165, 1.54) is 0 Å². The van der Waals surface area contributed by atoms with E-state index in [0.29, 0.717) is 12.2 Å². The van der Waals surface area contributed by atoms with Crippen molar-refractivity contribution in [1.29, 1.82) is 0 Å². The smallest absolute Gasteiger partial charge is 0.335 e. The fraction of sp³-hybridized carbons (Fsp3) is 0.111. The van der Waals surface area contributed by atoms with Gasteiger partial charge in [0.2, 0.25) is 0 Å². The highest BCUT2D eigenvalue weighted by Gasteiger charge is 2.13. The van der Waals surface area contributed by atoms with Crippen LogP contribution in [0.5, 0.6) is 5.75 Å². The predicted molar refractivity (Wildman–Crippen MR) is 84.1 cm³/mol. The summed E-state index contributed by atoms with van der Waals surface area (Å²) >= 11 is 0. The SMILES string of the molecule is C=CC(=O)Oc1ccc(C2=CCC(OC(=O)C=C)C=C2)cc1. The Hall–Kier alpha value is -2.88. The molecular formula is C18H16O4. The lowest BCUT2D eigenvalue weighted by Crippen LogP contribution is -2.15. The van der Waals surface area contributed by atoms with Gasteiger partial charge in [0.1, 0.15) is 11.9 Å². The third kappa shape index (κ3) is 4.06. The van der Waals surface area contributed by atoms with E-state index in [1.807, 2.05) is 30.4 Å². The van der Waals surface area contributed by atoms with Crippen LogP contribution in [-0.4, -0.2) is 18.0 Å². The number of esters is 2. The molecule has 0 amide bonds. The number of ether oxygens (including phenoxy) is 2. The van der Waals surface area contributed by atoms with Crippen molar-refractivity contribution in [2.24, 2.45) is 0 Å². The molecule has 0 saturated heterocycles. The topological polar surface area (TPSA) is 52.6 Å². The Kier molecular flexibility index (Phi) is 5.09. The van der Waals surface area contributed by atoms with Gasteiger partial charge in [-0.3, -0.25) is 0 Å². The summed E-state index contributed by atoms with van der Waals surface area (Å²) in [5.41, 5.74) is 2.01. The molecule has 4 heteroatoms. The zero-order valence-electron chi connectivity index (χ0n) is 12.0. The standard InChI is InChI=1S/C18H16O4/c1-3-17(19)21-15-9-5-13(6-10-15)14-7-11-16(12-8-14)22-18(20)4-2/h3-11,16H,1-2,12H2. The van der Waals surface area contributed by atoms with Crippen LogP contribution in [-0.2, 0) is 14.3 Å². The number of benzene rings is 1. The van der Waals surface area contributed by atoms with Gasteiger partial charge in [0, 0.05) is 18.6 Å². The maximum Gasteiger partial charge on any atom is 0.335 e.